The third-order valence-electron chi connectivity index (χ3n) is 4.11. The van der Waals surface area contributed by atoms with Gasteiger partial charge in [0.25, 0.3) is 0 Å². The van der Waals surface area contributed by atoms with E-state index < -0.39 is 5.97 Å². The number of halogens is 1. The normalized spacial score (nSPS) is 25.4. The van der Waals surface area contributed by atoms with Crippen LogP contribution in [0, 0.1) is 11.7 Å². The van der Waals surface area contributed by atoms with Gasteiger partial charge in [-0.15, -0.1) is 0 Å². The third kappa shape index (κ3) is 2.35. The summed E-state index contributed by atoms with van der Waals surface area (Å²) in [5, 5.41) is 8.71. The van der Waals surface area contributed by atoms with Crippen LogP contribution in [0.25, 0.3) is 6.08 Å². The number of carboxylic acid groups (broad SMARTS) is 1. The number of anilines is 1. The molecule has 0 aromatic heterocycles. The second-order valence-corrected chi connectivity index (χ2v) is 5.36. The van der Waals surface area contributed by atoms with E-state index in [1.54, 1.807) is 6.07 Å². The van der Waals surface area contributed by atoms with Crippen molar-refractivity contribution in [1.29, 1.82) is 0 Å². The van der Waals surface area contributed by atoms with Gasteiger partial charge in [-0.05, 0) is 49.5 Å². The largest absolute Gasteiger partial charge is 0.478 e. The summed E-state index contributed by atoms with van der Waals surface area (Å²) >= 11 is 0. The second kappa shape index (κ2) is 4.68. The highest BCUT2D eigenvalue weighted by Gasteiger charge is 2.38. The molecule has 2 bridgehead atoms. The molecule has 1 N–H and O–H groups in total. The van der Waals surface area contributed by atoms with E-state index in [-0.39, 0.29) is 5.82 Å². The Bertz CT molecular complexity index is 541. The van der Waals surface area contributed by atoms with Crippen LogP contribution in [0.3, 0.4) is 0 Å². The average Bonchev–Trinajstić information content (AvgIpc) is 2.98. The van der Waals surface area contributed by atoms with Crippen LogP contribution in [0.15, 0.2) is 24.3 Å². The minimum Gasteiger partial charge on any atom is -0.478 e. The van der Waals surface area contributed by atoms with Crippen LogP contribution in [0.2, 0.25) is 0 Å². The quantitative estimate of drug-likeness (QED) is 0.850. The summed E-state index contributed by atoms with van der Waals surface area (Å²) in [6.45, 7) is 1.00. The summed E-state index contributed by atoms with van der Waals surface area (Å²) < 4.78 is 13.3. The van der Waals surface area contributed by atoms with E-state index in [0.717, 1.165) is 24.2 Å². The molecule has 0 radical (unpaired) electrons. The Labute approximate surface area is 111 Å². The molecule has 1 heterocycles. The minimum absolute atomic E-state index is 0.335. The van der Waals surface area contributed by atoms with Gasteiger partial charge in [-0.25, -0.2) is 9.18 Å². The number of piperidine rings is 1. The van der Waals surface area contributed by atoms with E-state index in [1.165, 1.54) is 37.5 Å². The van der Waals surface area contributed by atoms with Crippen molar-refractivity contribution in [3.05, 3.63) is 35.7 Å². The van der Waals surface area contributed by atoms with Crippen molar-refractivity contribution in [2.45, 2.75) is 25.3 Å². The molecule has 1 aliphatic carbocycles. The van der Waals surface area contributed by atoms with E-state index >= 15 is 0 Å². The van der Waals surface area contributed by atoms with Gasteiger partial charge in [0.05, 0.1) is 0 Å². The summed E-state index contributed by atoms with van der Waals surface area (Å²) in [5.41, 5.74) is 1.60. The first-order valence-electron chi connectivity index (χ1n) is 6.60. The van der Waals surface area contributed by atoms with Gasteiger partial charge in [-0.1, -0.05) is 0 Å². The number of aliphatic carboxylic acids is 1. The maximum absolute atomic E-state index is 13.3. The monoisotopic (exact) mass is 261 g/mol. The molecule has 1 aromatic rings. The minimum atomic E-state index is -1.02. The number of hydrogen-bond acceptors (Lipinski definition) is 2. The van der Waals surface area contributed by atoms with Crippen molar-refractivity contribution in [2.24, 2.45) is 5.92 Å². The molecule has 2 unspecified atom stereocenters. The van der Waals surface area contributed by atoms with Crippen molar-refractivity contribution in [1.82, 2.24) is 0 Å². The maximum atomic E-state index is 13.3. The highest BCUT2D eigenvalue weighted by molar-refractivity contribution is 5.87. The van der Waals surface area contributed by atoms with Gasteiger partial charge >= 0.3 is 5.97 Å². The van der Waals surface area contributed by atoms with Crippen LogP contribution in [-0.2, 0) is 4.79 Å². The van der Waals surface area contributed by atoms with Gasteiger partial charge in [0.15, 0.2) is 0 Å². The van der Waals surface area contributed by atoms with Gasteiger partial charge < -0.3 is 10.0 Å². The molecule has 3 rings (SSSR count). The zero-order chi connectivity index (χ0) is 13.4. The fourth-order valence-electron chi connectivity index (χ4n) is 3.30. The van der Waals surface area contributed by atoms with E-state index in [2.05, 4.69) is 4.90 Å². The van der Waals surface area contributed by atoms with Gasteiger partial charge in [0, 0.05) is 29.9 Å². The molecule has 4 heteroatoms. The smallest absolute Gasteiger partial charge is 0.328 e. The van der Waals surface area contributed by atoms with Crippen LogP contribution >= 0.6 is 0 Å². The molecule has 3 nitrogen and oxygen atoms in total. The number of hydrogen-bond donors (Lipinski definition) is 1. The fraction of sp³-hybridized carbons (Fsp3) is 0.400. The summed E-state index contributed by atoms with van der Waals surface area (Å²) in [6.07, 6.45) is 6.21. The van der Waals surface area contributed by atoms with Crippen molar-refractivity contribution in [3.8, 4) is 0 Å². The Morgan fingerprint density at radius 1 is 1.42 bits per heavy atom. The molecule has 19 heavy (non-hydrogen) atoms. The number of carboxylic acids is 1. The molecule has 100 valence electrons. The predicted octanol–water partition coefficient (Wildman–Crippen LogP) is 2.91. The van der Waals surface area contributed by atoms with Gasteiger partial charge in [-0.2, -0.15) is 0 Å². The van der Waals surface area contributed by atoms with Crippen LogP contribution in [0.1, 0.15) is 24.8 Å². The third-order valence-corrected chi connectivity index (χ3v) is 4.11. The topological polar surface area (TPSA) is 40.5 Å². The summed E-state index contributed by atoms with van der Waals surface area (Å²) in [7, 11) is 0. The first-order chi connectivity index (χ1) is 9.13. The highest BCUT2D eigenvalue weighted by atomic mass is 19.1. The maximum Gasteiger partial charge on any atom is 0.328 e. The number of rotatable bonds is 3. The second-order valence-electron chi connectivity index (χ2n) is 5.36. The summed E-state index contributed by atoms with van der Waals surface area (Å²) in [4.78, 5) is 12.9. The predicted molar refractivity (Wildman–Crippen MR) is 71.5 cm³/mol. The first-order valence-corrected chi connectivity index (χ1v) is 6.60. The molecule has 1 aromatic carbocycles. The van der Waals surface area contributed by atoms with Crippen LogP contribution in [0.4, 0.5) is 10.1 Å². The Hall–Kier alpha value is -1.84. The van der Waals surface area contributed by atoms with Crippen LogP contribution < -0.4 is 4.90 Å². The Morgan fingerprint density at radius 3 is 2.89 bits per heavy atom. The number of carbonyl (C=O) groups is 1. The van der Waals surface area contributed by atoms with E-state index in [9.17, 15) is 9.18 Å². The lowest BCUT2D eigenvalue weighted by Crippen LogP contribution is -2.32. The average molecular weight is 261 g/mol. The van der Waals surface area contributed by atoms with Gasteiger partial charge in [-0.3, -0.25) is 0 Å². The number of benzene rings is 1. The van der Waals surface area contributed by atoms with E-state index in [4.69, 9.17) is 5.11 Å². The molecule has 1 saturated heterocycles. The summed E-state index contributed by atoms with van der Waals surface area (Å²) in [5.74, 6) is -0.609. The molecular formula is C15H16FNO2. The lowest BCUT2D eigenvalue weighted by atomic mass is 10.1. The van der Waals surface area contributed by atoms with Crippen molar-refractivity contribution < 1.29 is 14.3 Å². The number of nitrogens with zero attached hydrogens (tertiary/aromatic N) is 1. The first kappa shape index (κ1) is 12.2. The highest BCUT2D eigenvalue weighted by Crippen LogP contribution is 2.41. The lowest BCUT2D eigenvalue weighted by Gasteiger charge is -2.30. The Kier molecular flexibility index (Phi) is 3.01. The van der Waals surface area contributed by atoms with Crippen LogP contribution in [-0.4, -0.2) is 23.7 Å². The van der Waals surface area contributed by atoms with E-state index in [0.29, 0.717) is 11.6 Å². The van der Waals surface area contributed by atoms with E-state index in [1.807, 2.05) is 0 Å². The molecule has 2 fully saturated rings. The molecule has 0 amide bonds. The summed E-state index contributed by atoms with van der Waals surface area (Å²) in [6, 6.07) is 5.14. The molecule has 1 saturated carbocycles. The van der Waals surface area contributed by atoms with Crippen molar-refractivity contribution >= 4 is 17.7 Å². The molecular weight excluding hydrogens is 245 g/mol. The standard InChI is InChI=1S/C15H16FNO2/c16-12-3-5-14(11(8-12)2-6-15(18)19)17-9-10-1-4-13(17)7-10/h2-3,5-6,8,10,13H,1,4,7,9H2,(H,18,19)/b6-2+. The van der Waals surface area contributed by atoms with Gasteiger partial charge in [0.2, 0.25) is 0 Å². The Balaban J connectivity index is 1.94. The Morgan fingerprint density at radius 2 is 2.26 bits per heavy atom. The molecule has 1 aliphatic heterocycles. The van der Waals surface area contributed by atoms with Crippen molar-refractivity contribution in [2.75, 3.05) is 11.4 Å². The number of fused-ring (bicyclic) bond motifs is 2. The SMILES string of the molecule is O=C(O)/C=C/c1cc(F)ccc1N1CC2CCC1C2. The van der Waals surface area contributed by atoms with Crippen LogP contribution in [0.5, 0.6) is 0 Å². The zero-order valence-corrected chi connectivity index (χ0v) is 10.6. The van der Waals surface area contributed by atoms with Gasteiger partial charge in [0.1, 0.15) is 5.82 Å². The zero-order valence-electron chi connectivity index (χ0n) is 10.6. The lowest BCUT2D eigenvalue weighted by molar-refractivity contribution is -0.131. The molecule has 2 aliphatic rings. The van der Waals surface area contributed by atoms with Crippen molar-refractivity contribution in [3.63, 3.8) is 0 Å². The molecule has 2 atom stereocenters. The fourth-order valence-corrected chi connectivity index (χ4v) is 3.30. The molecule has 0 spiro atoms.